The summed E-state index contributed by atoms with van der Waals surface area (Å²) in [5.41, 5.74) is -0.402. The summed E-state index contributed by atoms with van der Waals surface area (Å²) in [6, 6.07) is 0. The van der Waals surface area contributed by atoms with Crippen LogP contribution in [0.25, 0.3) is 0 Å². The standard InChI is InChI=1S/C10H16O2/c11-10(5-1-2-6-10)9-3-7-12-8-4-9/h3,7,9,11H,1-2,4-6,8H2. The molecule has 0 amide bonds. The highest BCUT2D eigenvalue weighted by atomic mass is 16.5. The van der Waals surface area contributed by atoms with E-state index < -0.39 is 5.60 Å². The van der Waals surface area contributed by atoms with Gasteiger partial charge in [-0.1, -0.05) is 12.8 Å². The van der Waals surface area contributed by atoms with Crippen molar-refractivity contribution in [3.05, 3.63) is 12.3 Å². The molecule has 0 saturated heterocycles. The lowest BCUT2D eigenvalue weighted by molar-refractivity contribution is -0.00974. The van der Waals surface area contributed by atoms with Crippen molar-refractivity contribution >= 4 is 0 Å². The number of rotatable bonds is 1. The second-order valence-electron chi connectivity index (χ2n) is 3.91. The molecule has 2 rings (SSSR count). The minimum atomic E-state index is -0.402. The largest absolute Gasteiger partial charge is 0.501 e. The number of hydrogen-bond donors (Lipinski definition) is 1. The first-order chi connectivity index (χ1) is 5.81. The molecular weight excluding hydrogens is 152 g/mol. The van der Waals surface area contributed by atoms with Crippen LogP contribution in [0.15, 0.2) is 12.3 Å². The van der Waals surface area contributed by atoms with E-state index in [1.165, 1.54) is 12.8 Å². The van der Waals surface area contributed by atoms with Crippen molar-refractivity contribution in [1.82, 2.24) is 0 Å². The van der Waals surface area contributed by atoms with Crippen LogP contribution < -0.4 is 0 Å². The van der Waals surface area contributed by atoms with Crippen LogP contribution in [0.4, 0.5) is 0 Å². The molecule has 0 aromatic carbocycles. The van der Waals surface area contributed by atoms with E-state index in [-0.39, 0.29) is 0 Å². The fraction of sp³-hybridized carbons (Fsp3) is 0.800. The van der Waals surface area contributed by atoms with E-state index in [4.69, 9.17) is 4.74 Å². The summed E-state index contributed by atoms with van der Waals surface area (Å²) in [4.78, 5) is 0. The van der Waals surface area contributed by atoms with Gasteiger partial charge in [0, 0.05) is 5.92 Å². The summed E-state index contributed by atoms with van der Waals surface area (Å²) < 4.78 is 5.11. The number of aliphatic hydroxyl groups is 1. The predicted molar refractivity (Wildman–Crippen MR) is 46.6 cm³/mol. The van der Waals surface area contributed by atoms with Gasteiger partial charge < -0.3 is 9.84 Å². The zero-order valence-corrected chi connectivity index (χ0v) is 7.33. The van der Waals surface area contributed by atoms with Gasteiger partial charge in [0.05, 0.1) is 18.5 Å². The van der Waals surface area contributed by atoms with E-state index in [1.54, 1.807) is 6.26 Å². The molecule has 68 valence electrons. The van der Waals surface area contributed by atoms with E-state index in [2.05, 4.69) is 0 Å². The third-order valence-corrected chi connectivity index (χ3v) is 3.11. The van der Waals surface area contributed by atoms with Crippen LogP contribution in [0.3, 0.4) is 0 Å². The van der Waals surface area contributed by atoms with E-state index in [0.717, 1.165) is 25.9 Å². The number of ether oxygens (including phenoxy) is 1. The smallest absolute Gasteiger partial charge is 0.0879 e. The van der Waals surface area contributed by atoms with Gasteiger partial charge >= 0.3 is 0 Å². The quantitative estimate of drug-likeness (QED) is 0.647. The highest BCUT2D eigenvalue weighted by molar-refractivity contribution is 5.01. The first-order valence-corrected chi connectivity index (χ1v) is 4.82. The van der Waals surface area contributed by atoms with Crippen LogP contribution in [-0.2, 0) is 4.74 Å². The normalized spacial score (nSPS) is 33.2. The van der Waals surface area contributed by atoms with Gasteiger partial charge in [-0.05, 0) is 25.3 Å². The second kappa shape index (κ2) is 3.09. The lowest BCUT2D eigenvalue weighted by Gasteiger charge is -2.32. The van der Waals surface area contributed by atoms with Gasteiger partial charge in [0.1, 0.15) is 0 Å². The molecule has 0 spiro atoms. The molecule has 0 radical (unpaired) electrons. The minimum absolute atomic E-state index is 0.341. The first-order valence-electron chi connectivity index (χ1n) is 4.82. The van der Waals surface area contributed by atoms with Gasteiger partial charge in [0.2, 0.25) is 0 Å². The molecule has 2 heteroatoms. The maximum atomic E-state index is 10.2. The lowest BCUT2D eigenvalue weighted by atomic mass is 9.83. The molecular formula is C10H16O2. The Balaban J connectivity index is 2.05. The molecule has 1 aliphatic carbocycles. The molecule has 12 heavy (non-hydrogen) atoms. The van der Waals surface area contributed by atoms with Crippen LogP contribution in [0.5, 0.6) is 0 Å². The van der Waals surface area contributed by atoms with Gasteiger partial charge in [-0.25, -0.2) is 0 Å². The highest BCUT2D eigenvalue weighted by Crippen LogP contribution is 2.38. The maximum Gasteiger partial charge on any atom is 0.0879 e. The summed E-state index contributed by atoms with van der Waals surface area (Å²) in [7, 11) is 0. The maximum absolute atomic E-state index is 10.2. The zero-order chi connectivity index (χ0) is 8.44. The molecule has 1 unspecified atom stereocenters. The fourth-order valence-electron chi connectivity index (χ4n) is 2.32. The molecule has 1 atom stereocenters. The lowest BCUT2D eigenvalue weighted by Crippen LogP contribution is -2.35. The van der Waals surface area contributed by atoms with Gasteiger partial charge in [-0.2, -0.15) is 0 Å². The summed E-state index contributed by atoms with van der Waals surface area (Å²) in [5, 5.41) is 10.2. The SMILES string of the molecule is OC1(C2C=COCC2)CCCC1. The van der Waals surface area contributed by atoms with Crippen molar-refractivity contribution in [2.75, 3.05) is 6.61 Å². The van der Waals surface area contributed by atoms with Crippen molar-refractivity contribution in [3.63, 3.8) is 0 Å². The first kappa shape index (κ1) is 8.11. The summed E-state index contributed by atoms with van der Waals surface area (Å²) in [5.74, 6) is 0.341. The van der Waals surface area contributed by atoms with Crippen molar-refractivity contribution in [2.45, 2.75) is 37.7 Å². The van der Waals surface area contributed by atoms with Crippen LogP contribution in [0.2, 0.25) is 0 Å². The Labute approximate surface area is 73.2 Å². The Morgan fingerprint density at radius 3 is 2.67 bits per heavy atom. The summed E-state index contributed by atoms with van der Waals surface area (Å²) >= 11 is 0. The third-order valence-electron chi connectivity index (χ3n) is 3.11. The molecule has 2 nitrogen and oxygen atoms in total. The molecule has 2 aliphatic rings. The van der Waals surface area contributed by atoms with Crippen molar-refractivity contribution in [1.29, 1.82) is 0 Å². The Bertz CT molecular complexity index is 180. The Morgan fingerprint density at radius 2 is 2.08 bits per heavy atom. The molecule has 0 aromatic rings. The molecule has 0 bridgehead atoms. The monoisotopic (exact) mass is 168 g/mol. The minimum Gasteiger partial charge on any atom is -0.501 e. The van der Waals surface area contributed by atoms with Gasteiger partial charge in [-0.3, -0.25) is 0 Å². The van der Waals surface area contributed by atoms with Crippen LogP contribution in [-0.4, -0.2) is 17.3 Å². The van der Waals surface area contributed by atoms with E-state index in [1.807, 2.05) is 6.08 Å². The Morgan fingerprint density at radius 1 is 1.33 bits per heavy atom. The van der Waals surface area contributed by atoms with Crippen molar-refractivity contribution in [2.24, 2.45) is 5.92 Å². The van der Waals surface area contributed by atoms with E-state index >= 15 is 0 Å². The number of hydrogen-bond acceptors (Lipinski definition) is 2. The molecule has 1 N–H and O–H groups in total. The second-order valence-corrected chi connectivity index (χ2v) is 3.91. The summed E-state index contributed by atoms with van der Waals surface area (Å²) in [6.45, 7) is 0.767. The molecule has 0 aromatic heterocycles. The topological polar surface area (TPSA) is 29.5 Å². The van der Waals surface area contributed by atoms with Crippen LogP contribution in [0, 0.1) is 5.92 Å². The highest BCUT2D eigenvalue weighted by Gasteiger charge is 2.38. The molecule has 1 fully saturated rings. The fourth-order valence-corrected chi connectivity index (χ4v) is 2.32. The van der Waals surface area contributed by atoms with Crippen molar-refractivity contribution in [3.8, 4) is 0 Å². The van der Waals surface area contributed by atoms with Gasteiger partial charge in [0.15, 0.2) is 0 Å². The Kier molecular flexibility index (Phi) is 2.09. The Hall–Kier alpha value is -0.500. The molecule has 1 saturated carbocycles. The molecule has 1 heterocycles. The van der Waals surface area contributed by atoms with E-state index in [0.29, 0.717) is 5.92 Å². The van der Waals surface area contributed by atoms with E-state index in [9.17, 15) is 5.11 Å². The average Bonchev–Trinajstić information content (AvgIpc) is 2.55. The zero-order valence-electron chi connectivity index (χ0n) is 7.33. The predicted octanol–water partition coefficient (Wildman–Crippen LogP) is 1.84. The third kappa shape index (κ3) is 1.36. The van der Waals surface area contributed by atoms with Crippen LogP contribution >= 0.6 is 0 Å². The average molecular weight is 168 g/mol. The van der Waals surface area contributed by atoms with Crippen molar-refractivity contribution < 1.29 is 9.84 Å². The van der Waals surface area contributed by atoms with Crippen LogP contribution in [0.1, 0.15) is 32.1 Å². The van der Waals surface area contributed by atoms with Gasteiger partial charge in [0.25, 0.3) is 0 Å². The summed E-state index contributed by atoms with van der Waals surface area (Å²) in [6.07, 6.45) is 9.06. The van der Waals surface area contributed by atoms with Gasteiger partial charge in [-0.15, -0.1) is 0 Å². The molecule has 1 aliphatic heterocycles.